The highest BCUT2D eigenvalue weighted by Crippen LogP contribution is 2.54. The van der Waals surface area contributed by atoms with E-state index in [-0.39, 0.29) is 5.41 Å². The van der Waals surface area contributed by atoms with Crippen molar-refractivity contribution in [3.05, 3.63) is 77.0 Å². The van der Waals surface area contributed by atoms with Crippen LogP contribution in [0.15, 0.2) is 60.3 Å². The third kappa shape index (κ3) is 1.64. The number of benzene rings is 2. The lowest BCUT2D eigenvalue weighted by Crippen LogP contribution is -2.32. The highest BCUT2D eigenvalue weighted by atomic mass is 15.2. The Balaban J connectivity index is 1.95. The van der Waals surface area contributed by atoms with Crippen molar-refractivity contribution >= 4 is 11.9 Å². The van der Waals surface area contributed by atoms with Crippen molar-refractivity contribution in [3.63, 3.8) is 0 Å². The molecular formula is C20H20N2. The molecule has 0 unspecified atom stereocenters. The lowest BCUT2D eigenvalue weighted by Gasteiger charge is -2.29. The van der Waals surface area contributed by atoms with E-state index in [0.29, 0.717) is 0 Å². The van der Waals surface area contributed by atoms with Crippen molar-refractivity contribution < 1.29 is 0 Å². The summed E-state index contributed by atoms with van der Waals surface area (Å²) in [6.45, 7) is 3.13. The minimum absolute atomic E-state index is 0.00778. The highest BCUT2D eigenvalue weighted by molar-refractivity contribution is 5.79. The maximum atomic E-state index is 7.62. The molecule has 4 rings (SSSR count). The molecule has 22 heavy (non-hydrogen) atoms. The zero-order valence-electron chi connectivity index (χ0n) is 12.8. The first-order valence-corrected chi connectivity index (χ1v) is 7.95. The van der Waals surface area contributed by atoms with Crippen molar-refractivity contribution in [2.24, 2.45) is 0 Å². The molecule has 1 spiro atoms. The van der Waals surface area contributed by atoms with Gasteiger partial charge in [-0.1, -0.05) is 42.5 Å². The van der Waals surface area contributed by atoms with E-state index >= 15 is 0 Å². The van der Waals surface area contributed by atoms with Crippen molar-refractivity contribution in [2.75, 3.05) is 11.4 Å². The average molecular weight is 288 g/mol. The Kier molecular flexibility index (Phi) is 2.93. The van der Waals surface area contributed by atoms with Crippen LogP contribution in [-0.2, 0) is 18.3 Å². The summed E-state index contributed by atoms with van der Waals surface area (Å²) >= 11 is 0. The quantitative estimate of drug-likeness (QED) is 0.828. The van der Waals surface area contributed by atoms with Crippen molar-refractivity contribution in [1.29, 1.82) is 5.41 Å². The molecule has 0 aromatic heterocycles. The van der Waals surface area contributed by atoms with Crippen LogP contribution in [0.5, 0.6) is 0 Å². The summed E-state index contributed by atoms with van der Waals surface area (Å²) < 4.78 is 0. The van der Waals surface area contributed by atoms with E-state index in [1.54, 1.807) is 0 Å². The molecule has 1 aliphatic carbocycles. The zero-order chi connectivity index (χ0) is 15.2. The normalized spacial score (nSPS) is 19.5. The number of rotatable bonds is 2. The van der Waals surface area contributed by atoms with Crippen LogP contribution in [-0.4, -0.2) is 12.8 Å². The first-order chi connectivity index (χ1) is 10.8. The summed E-state index contributed by atoms with van der Waals surface area (Å²) in [6, 6.07) is 17.5. The van der Waals surface area contributed by atoms with Crippen molar-refractivity contribution in [3.8, 4) is 0 Å². The average Bonchev–Trinajstić information content (AvgIpc) is 3.05. The van der Waals surface area contributed by atoms with Crippen molar-refractivity contribution in [2.45, 2.75) is 25.2 Å². The number of nitrogens with one attached hydrogen (secondary N) is 1. The fraction of sp³-hybridized carbons (Fsp3) is 0.250. The van der Waals surface area contributed by atoms with Crippen LogP contribution in [0.3, 0.4) is 0 Å². The number of hydrogen-bond acceptors (Lipinski definition) is 2. The summed E-state index contributed by atoms with van der Waals surface area (Å²) in [5.74, 6) is 0. The van der Waals surface area contributed by atoms with E-state index in [1.807, 2.05) is 6.08 Å². The highest BCUT2D eigenvalue weighted by Gasteiger charge is 2.49. The number of fused-ring (bicyclic) bond motifs is 3. The number of hydrogen-bond donors (Lipinski definition) is 1. The van der Waals surface area contributed by atoms with Crippen LogP contribution < -0.4 is 4.90 Å². The predicted molar refractivity (Wildman–Crippen MR) is 91.9 cm³/mol. The second kappa shape index (κ2) is 4.84. The molecular weight excluding hydrogens is 268 g/mol. The van der Waals surface area contributed by atoms with E-state index in [0.717, 1.165) is 19.4 Å². The second-order valence-electron chi connectivity index (χ2n) is 6.18. The fourth-order valence-corrected chi connectivity index (χ4v) is 4.30. The molecule has 0 atom stereocenters. The van der Waals surface area contributed by atoms with Gasteiger partial charge in [-0.15, -0.1) is 0 Å². The first kappa shape index (κ1) is 13.3. The van der Waals surface area contributed by atoms with Crippen LogP contribution >= 0.6 is 0 Å². The van der Waals surface area contributed by atoms with Crippen LogP contribution in [0.2, 0.25) is 0 Å². The topological polar surface area (TPSA) is 27.1 Å². The number of para-hydroxylation sites is 1. The predicted octanol–water partition coefficient (Wildman–Crippen LogP) is 4.10. The molecule has 2 nitrogen and oxygen atoms in total. The fourth-order valence-electron chi connectivity index (χ4n) is 4.30. The van der Waals surface area contributed by atoms with E-state index in [9.17, 15) is 0 Å². The molecule has 2 heteroatoms. The van der Waals surface area contributed by atoms with E-state index in [4.69, 9.17) is 5.41 Å². The van der Waals surface area contributed by atoms with Gasteiger partial charge in [0.1, 0.15) is 0 Å². The number of likely N-dealkylation sites (N-methyl/N-ethyl adjacent to an activating group) is 1. The molecule has 0 saturated heterocycles. The molecule has 2 aromatic rings. The van der Waals surface area contributed by atoms with Crippen LogP contribution in [0.25, 0.3) is 0 Å². The molecule has 2 aliphatic rings. The largest absolute Gasteiger partial charge is 0.344 e. The van der Waals surface area contributed by atoms with Gasteiger partial charge in [0.05, 0.1) is 0 Å². The van der Waals surface area contributed by atoms with Gasteiger partial charge < -0.3 is 10.3 Å². The smallest absolute Gasteiger partial charge is 0.0457 e. The Morgan fingerprint density at radius 3 is 2.32 bits per heavy atom. The molecule has 0 amide bonds. The van der Waals surface area contributed by atoms with Crippen LogP contribution in [0, 0.1) is 5.41 Å². The minimum Gasteiger partial charge on any atom is -0.344 e. The number of allylic oxidation sites excluding steroid dienone is 2. The maximum absolute atomic E-state index is 7.62. The Hall–Kier alpha value is -2.35. The summed E-state index contributed by atoms with van der Waals surface area (Å²) in [5, 5.41) is 7.62. The third-order valence-corrected chi connectivity index (χ3v) is 5.15. The Morgan fingerprint density at radius 1 is 1.05 bits per heavy atom. The summed E-state index contributed by atoms with van der Waals surface area (Å²) in [7, 11) is 0. The zero-order valence-corrected chi connectivity index (χ0v) is 12.8. The second-order valence-corrected chi connectivity index (χ2v) is 6.18. The van der Waals surface area contributed by atoms with E-state index < -0.39 is 0 Å². The maximum Gasteiger partial charge on any atom is 0.0457 e. The van der Waals surface area contributed by atoms with E-state index in [1.165, 1.54) is 34.3 Å². The molecule has 0 fully saturated rings. The summed E-state index contributed by atoms with van der Waals surface area (Å²) in [4.78, 5) is 2.38. The number of nitrogens with zero attached hydrogens (tertiary/aromatic N) is 1. The molecule has 110 valence electrons. The molecule has 1 N–H and O–H groups in total. The van der Waals surface area contributed by atoms with Gasteiger partial charge in [-0.25, -0.2) is 0 Å². The van der Waals surface area contributed by atoms with Crippen molar-refractivity contribution in [1.82, 2.24) is 0 Å². The van der Waals surface area contributed by atoms with Gasteiger partial charge in [-0.3, -0.25) is 0 Å². The Labute approximate surface area is 131 Å². The summed E-state index contributed by atoms with van der Waals surface area (Å²) in [5.41, 5.74) is 6.92. The molecule has 0 saturated carbocycles. The molecule has 0 bridgehead atoms. The van der Waals surface area contributed by atoms with Gasteiger partial charge >= 0.3 is 0 Å². The summed E-state index contributed by atoms with van der Waals surface area (Å²) in [6.07, 6.45) is 5.51. The van der Waals surface area contributed by atoms with E-state index in [2.05, 4.69) is 60.4 Å². The van der Waals surface area contributed by atoms with Crippen LogP contribution in [0.4, 0.5) is 5.69 Å². The monoisotopic (exact) mass is 288 g/mol. The third-order valence-electron chi connectivity index (χ3n) is 5.15. The lowest BCUT2D eigenvalue weighted by molar-refractivity contribution is 0.546. The van der Waals surface area contributed by atoms with Gasteiger partial charge in [0.25, 0.3) is 0 Å². The standard InChI is InChI=1S/C20H20N2/c1-2-22-18-10-6-5-9-17(18)20(19(22)11-12-21)13-15-7-3-4-8-16(15)14-20/h3-12,21H,2,13-14H2,1H3/b19-11-,21-12?. The Morgan fingerprint density at radius 2 is 1.68 bits per heavy atom. The molecule has 2 aromatic carbocycles. The van der Waals surface area contributed by atoms with Gasteiger partial charge in [-0.2, -0.15) is 0 Å². The number of anilines is 1. The van der Waals surface area contributed by atoms with Gasteiger partial charge in [0, 0.05) is 29.6 Å². The first-order valence-electron chi connectivity index (χ1n) is 7.95. The minimum atomic E-state index is 0.00778. The Bertz CT molecular complexity index is 748. The van der Waals surface area contributed by atoms with Gasteiger partial charge in [0.2, 0.25) is 0 Å². The lowest BCUT2D eigenvalue weighted by atomic mass is 9.77. The molecule has 0 radical (unpaired) electrons. The van der Waals surface area contributed by atoms with Gasteiger partial charge in [-0.05, 0) is 48.6 Å². The SMILES string of the molecule is CCN1/C(=C\C=N)C2(Cc3ccccc3C2)c2ccccc21. The van der Waals surface area contributed by atoms with Gasteiger partial charge in [0.15, 0.2) is 0 Å². The van der Waals surface area contributed by atoms with Crippen LogP contribution in [0.1, 0.15) is 23.6 Å². The molecule has 1 aliphatic heterocycles. The molecule has 1 heterocycles.